The van der Waals surface area contributed by atoms with Crippen LogP contribution in [0, 0.1) is 5.82 Å². The van der Waals surface area contributed by atoms with Crippen molar-refractivity contribution in [2.24, 2.45) is 0 Å². The molecular weight excluding hydrogens is 361 g/mol. The van der Waals surface area contributed by atoms with E-state index in [1.54, 1.807) is 18.2 Å². The molecule has 0 aliphatic rings. The highest BCUT2D eigenvalue weighted by Crippen LogP contribution is 2.29. The van der Waals surface area contributed by atoms with Crippen molar-refractivity contribution < 1.29 is 27.4 Å². The molecule has 2 aromatic carbocycles. The van der Waals surface area contributed by atoms with Crippen LogP contribution in [0.5, 0.6) is 11.5 Å². The lowest BCUT2D eigenvalue weighted by atomic mass is 10.2. The Hall–Kier alpha value is -2.74. The van der Waals surface area contributed by atoms with Gasteiger partial charge in [-0.3, -0.25) is 4.79 Å². The Balaban J connectivity index is 1.86. The third-order valence-corrected chi connectivity index (χ3v) is 3.73. The van der Waals surface area contributed by atoms with E-state index in [0.29, 0.717) is 18.8 Å². The summed E-state index contributed by atoms with van der Waals surface area (Å²) in [5, 5.41) is 2.63. The monoisotopic (exact) mass is 382 g/mol. The maximum atomic E-state index is 13.1. The van der Waals surface area contributed by atoms with Crippen LogP contribution in [0.1, 0.15) is 12.0 Å². The number of hydrogen-bond acceptors (Lipinski definition) is 4. The summed E-state index contributed by atoms with van der Waals surface area (Å²) < 4.78 is 47.3. The Morgan fingerprint density at radius 3 is 2.63 bits per heavy atom. The standard InChI is InChI=1S/C19H21F3N2O3/c1-24(9-8-18(25)23-15-5-3-4-14(20)11-15)12-13-6-7-16(27-19(21)22)17(10-13)26-2/h3-7,10-11,19H,8-9,12H2,1-2H3,(H,23,25). The van der Waals surface area contributed by atoms with Gasteiger partial charge in [-0.15, -0.1) is 0 Å². The summed E-state index contributed by atoms with van der Waals surface area (Å²) in [6, 6.07) is 10.4. The van der Waals surface area contributed by atoms with E-state index in [-0.39, 0.29) is 23.8 Å². The van der Waals surface area contributed by atoms with Gasteiger partial charge in [0.2, 0.25) is 5.91 Å². The van der Waals surface area contributed by atoms with Crippen LogP contribution in [-0.4, -0.2) is 38.1 Å². The number of halogens is 3. The van der Waals surface area contributed by atoms with Gasteiger partial charge in [0, 0.05) is 25.2 Å². The van der Waals surface area contributed by atoms with Gasteiger partial charge < -0.3 is 19.7 Å². The fourth-order valence-electron chi connectivity index (χ4n) is 2.48. The molecule has 0 fully saturated rings. The molecule has 0 bridgehead atoms. The first-order chi connectivity index (χ1) is 12.9. The van der Waals surface area contributed by atoms with Gasteiger partial charge in [-0.2, -0.15) is 8.78 Å². The van der Waals surface area contributed by atoms with Crippen LogP contribution in [0.4, 0.5) is 18.9 Å². The number of rotatable bonds is 9. The number of anilines is 1. The number of methoxy groups -OCH3 is 1. The average Bonchev–Trinajstić information content (AvgIpc) is 2.61. The number of benzene rings is 2. The second kappa shape index (κ2) is 9.82. The molecule has 0 aliphatic carbocycles. The average molecular weight is 382 g/mol. The van der Waals surface area contributed by atoms with E-state index in [1.165, 1.54) is 31.4 Å². The Morgan fingerprint density at radius 2 is 1.96 bits per heavy atom. The number of carbonyl (C=O) groups is 1. The minimum Gasteiger partial charge on any atom is -0.493 e. The Kier molecular flexibility index (Phi) is 7.48. The first-order valence-electron chi connectivity index (χ1n) is 8.23. The van der Waals surface area contributed by atoms with E-state index in [1.807, 2.05) is 11.9 Å². The Bertz CT molecular complexity index is 772. The predicted octanol–water partition coefficient (Wildman–Crippen LogP) is 3.90. The Labute approximate surface area is 155 Å². The van der Waals surface area contributed by atoms with Gasteiger partial charge in [0.25, 0.3) is 0 Å². The molecule has 2 rings (SSSR count). The number of nitrogens with one attached hydrogen (secondary N) is 1. The number of nitrogens with zero attached hydrogens (tertiary/aromatic N) is 1. The molecule has 0 heterocycles. The molecule has 27 heavy (non-hydrogen) atoms. The lowest BCUT2D eigenvalue weighted by Gasteiger charge is -2.18. The fraction of sp³-hybridized carbons (Fsp3) is 0.316. The minimum atomic E-state index is -2.93. The second-order valence-electron chi connectivity index (χ2n) is 5.91. The summed E-state index contributed by atoms with van der Waals surface area (Å²) in [6.07, 6.45) is 0.219. The molecule has 8 heteroatoms. The number of amides is 1. The van der Waals surface area contributed by atoms with E-state index < -0.39 is 12.4 Å². The molecule has 146 valence electrons. The van der Waals surface area contributed by atoms with Gasteiger partial charge >= 0.3 is 6.61 Å². The molecule has 0 saturated carbocycles. The van der Waals surface area contributed by atoms with Crippen molar-refractivity contribution in [3.63, 3.8) is 0 Å². The van der Waals surface area contributed by atoms with Gasteiger partial charge in [0.05, 0.1) is 7.11 Å². The van der Waals surface area contributed by atoms with Crippen molar-refractivity contribution in [1.82, 2.24) is 4.90 Å². The van der Waals surface area contributed by atoms with Gasteiger partial charge in [0.1, 0.15) is 5.82 Å². The molecule has 0 radical (unpaired) electrons. The molecule has 0 atom stereocenters. The maximum Gasteiger partial charge on any atom is 0.387 e. The lowest BCUT2D eigenvalue weighted by Crippen LogP contribution is -2.24. The highest BCUT2D eigenvalue weighted by molar-refractivity contribution is 5.90. The molecule has 0 aromatic heterocycles. The topological polar surface area (TPSA) is 50.8 Å². The van der Waals surface area contributed by atoms with E-state index in [9.17, 15) is 18.0 Å². The van der Waals surface area contributed by atoms with Gasteiger partial charge in [-0.25, -0.2) is 4.39 Å². The van der Waals surface area contributed by atoms with Crippen LogP contribution in [-0.2, 0) is 11.3 Å². The van der Waals surface area contributed by atoms with Crippen LogP contribution >= 0.6 is 0 Å². The van der Waals surface area contributed by atoms with E-state index in [2.05, 4.69) is 10.1 Å². The van der Waals surface area contributed by atoms with Crippen LogP contribution < -0.4 is 14.8 Å². The number of hydrogen-bond donors (Lipinski definition) is 1. The van der Waals surface area contributed by atoms with E-state index in [0.717, 1.165) is 5.56 Å². The summed E-state index contributed by atoms with van der Waals surface area (Å²) in [5.41, 5.74) is 1.23. The molecule has 1 N–H and O–H groups in total. The van der Waals surface area contributed by atoms with Crippen LogP contribution in [0.2, 0.25) is 0 Å². The van der Waals surface area contributed by atoms with Crippen LogP contribution in [0.15, 0.2) is 42.5 Å². The normalized spacial score (nSPS) is 10.9. The number of alkyl halides is 2. The first kappa shape index (κ1) is 20.6. The first-order valence-corrected chi connectivity index (χ1v) is 8.23. The second-order valence-corrected chi connectivity index (χ2v) is 5.91. The van der Waals surface area contributed by atoms with Crippen molar-refractivity contribution in [3.05, 3.63) is 53.8 Å². The fourth-order valence-corrected chi connectivity index (χ4v) is 2.48. The summed E-state index contributed by atoms with van der Waals surface area (Å²) in [4.78, 5) is 13.9. The molecule has 5 nitrogen and oxygen atoms in total. The van der Waals surface area contributed by atoms with Crippen molar-refractivity contribution in [3.8, 4) is 11.5 Å². The van der Waals surface area contributed by atoms with E-state index >= 15 is 0 Å². The van der Waals surface area contributed by atoms with Crippen molar-refractivity contribution in [2.75, 3.05) is 26.0 Å². The predicted molar refractivity (Wildman–Crippen MR) is 95.6 cm³/mol. The summed E-state index contributed by atoms with van der Waals surface area (Å²) in [6.45, 7) is -1.99. The van der Waals surface area contributed by atoms with Crippen molar-refractivity contribution in [1.29, 1.82) is 0 Å². The highest BCUT2D eigenvalue weighted by Gasteiger charge is 2.12. The molecule has 0 unspecified atom stereocenters. The molecule has 0 saturated heterocycles. The Morgan fingerprint density at radius 1 is 1.19 bits per heavy atom. The molecule has 1 amide bonds. The van der Waals surface area contributed by atoms with Crippen LogP contribution in [0.3, 0.4) is 0 Å². The highest BCUT2D eigenvalue weighted by atomic mass is 19.3. The van der Waals surface area contributed by atoms with Gasteiger partial charge in [-0.1, -0.05) is 12.1 Å². The zero-order valence-corrected chi connectivity index (χ0v) is 15.0. The quantitative estimate of drug-likeness (QED) is 0.715. The zero-order valence-electron chi connectivity index (χ0n) is 15.0. The molecule has 0 aliphatic heterocycles. The lowest BCUT2D eigenvalue weighted by molar-refractivity contribution is -0.116. The largest absolute Gasteiger partial charge is 0.493 e. The summed E-state index contributed by atoms with van der Waals surface area (Å²) in [5.74, 6) is -0.470. The van der Waals surface area contributed by atoms with Gasteiger partial charge in [0.15, 0.2) is 11.5 Å². The minimum absolute atomic E-state index is 0.0339. The van der Waals surface area contributed by atoms with Crippen molar-refractivity contribution in [2.45, 2.75) is 19.6 Å². The van der Waals surface area contributed by atoms with E-state index in [4.69, 9.17) is 4.74 Å². The van der Waals surface area contributed by atoms with Crippen LogP contribution in [0.25, 0.3) is 0 Å². The van der Waals surface area contributed by atoms with Crippen molar-refractivity contribution >= 4 is 11.6 Å². The maximum absolute atomic E-state index is 13.1. The smallest absolute Gasteiger partial charge is 0.387 e. The molecule has 0 spiro atoms. The molecule has 2 aromatic rings. The SMILES string of the molecule is COc1cc(CN(C)CCC(=O)Nc2cccc(F)c2)ccc1OC(F)F. The van der Waals surface area contributed by atoms with Gasteiger partial charge in [-0.05, 0) is 42.9 Å². The summed E-state index contributed by atoms with van der Waals surface area (Å²) >= 11 is 0. The third kappa shape index (κ3) is 6.82. The third-order valence-electron chi connectivity index (χ3n) is 3.73. The summed E-state index contributed by atoms with van der Waals surface area (Å²) in [7, 11) is 3.20. The molecular formula is C19H21F3N2O3. The number of ether oxygens (including phenoxy) is 2. The number of carbonyl (C=O) groups excluding carboxylic acids is 1. The zero-order chi connectivity index (χ0) is 19.8.